The molecule has 0 saturated heterocycles. The first-order valence-electron chi connectivity index (χ1n) is 9.34. The number of hydrogen-bond donors (Lipinski definition) is 3. The van der Waals surface area contributed by atoms with Crippen LogP contribution in [0.15, 0.2) is 0 Å². The Kier molecular flexibility index (Phi) is 16.2. The molecule has 128 valence electrons. The van der Waals surface area contributed by atoms with Crippen LogP contribution < -0.4 is 5.73 Å². The summed E-state index contributed by atoms with van der Waals surface area (Å²) in [4.78, 5) is 0. The van der Waals surface area contributed by atoms with E-state index in [0.717, 1.165) is 12.8 Å². The van der Waals surface area contributed by atoms with Crippen LogP contribution in [-0.4, -0.2) is 29.0 Å². The average Bonchev–Trinajstić information content (AvgIpc) is 2.50. The highest BCUT2D eigenvalue weighted by Crippen LogP contribution is 2.13. The Morgan fingerprint density at radius 2 is 1.10 bits per heavy atom. The van der Waals surface area contributed by atoms with Gasteiger partial charge < -0.3 is 15.9 Å². The van der Waals surface area contributed by atoms with Gasteiger partial charge in [-0.1, -0.05) is 90.4 Å². The lowest BCUT2D eigenvalue weighted by molar-refractivity contribution is -0.443. The van der Waals surface area contributed by atoms with Crippen LogP contribution in [-0.2, 0) is 0 Å². The molecule has 0 fully saturated rings. The van der Waals surface area contributed by atoms with E-state index >= 15 is 0 Å². The minimum Gasteiger partial charge on any atom is -0.390 e. The molecule has 0 aromatic rings. The normalized spacial score (nSPS) is 14.3. The maximum Gasteiger partial charge on any atom is 0.134 e. The summed E-state index contributed by atoms with van der Waals surface area (Å²) >= 11 is 0. The second-order valence-corrected chi connectivity index (χ2v) is 6.54. The maximum atomic E-state index is 9.67. The molecule has 3 heteroatoms. The highest BCUT2D eigenvalue weighted by Gasteiger charge is 2.15. The lowest BCUT2D eigenvalue weighted by atomic mass is 10.0. The molecule has 0 rings (SSSR count). The van der Waals surface area contributed by atoms with Gasteiger partial charge in [-0.25, -0.2) is 0 Å². The Bertz CT molecular complexity index is 200. The van der Waals surface area contributed by atoms with Crippen molar-refractivity contribution in [3.8, 4) is 0 Å². The summed E-state index contributed by atoms with van der Waals surface area (Å²) in [6.07, 6.45) is 17.8. The van der Waals surface area contributed by atoms with Crippen LogP contribution in [0, 0.1) is 0 Å². The van der Waals surface area contributed by atoms with Crippen LogP contribution in [0.2, 0.25) is 0 Å². The van der Waals surface area contributed by atoms with E-state index in [1.54, 1.807) is 0 Å². The fourth-order valence-electron chi connectivity index (χ4n) is 2.73. The predicted molar refractivity (Wildman–Crippen MR) is 90.1 cm³/mol. The number of hydrogen-bond acceptors (Lipinski definition) is 2. The van der Waals surface area contributed by atoms with Gasteiger partial charge in [-0.15, -0.1) is 0 Å². The van der Waals surface area contributed by atoms with E-state index in [1.165, 1.54) is 77.0 Å². The second kappa shape index (κ2) is 16.3. The molecule has 0 aliphatic rings. The molecule has 0 saturated carbocycles. The molecule has 0 aromatic heterocycles. The van der Waals surface area contributed by atoms with Gasteiger partial charge in [-0.2, -0.15) is 0 Å². The van der Waals surface area contributed by atoms with Gasteiger partial charge in [0.15, 0.2) is 0 Å². The standard InChI is InChI=1S/C18H39NO2/c1-2-3-4-5-6-7-8-9-10-11-12-13-14-15-18(21)17(19)16-20/h17-18,20-21H,2-16,19H2,1H3/p+1/t17-,18+/m0/s1. The van der Waals surface area contributed by atoms with E-state index in [4.69, 9.17) is 5.11 Å². The average molecular weight is 303 g/mol. The molecule has 0 aliphatic carbocycles. The van der Waals surface area contributed by atoms with Crippen molar-refractivity contribution >= 4 is 0 Å². The summed E-state index contributed by atoms with van der Waals surface area (Å²) < 4.78 is 0. The first kappa shape index (κ1) is 20.9. The number of rotatable bonds is 16. The van der Waals surface area contributed by atoms with E-state index in [-0.39, 0.29) is 12.6 Å². The summed E-state index contributed by atoms with van der Waals surface area (Å²) in [6.45, 7) is 2.25. The molecule has 0 aromatic carbocycles. The number of quaternary nitrogens is 1. The summed E-state index contributed by atoms with van der Waals surface area (Å²) in [5.74, 6) is 0. The van der Waals surface area contributed by atoms with Crippen molar-refractivity contribution in [2.75, 3.05) is 6.61 Å². The fraction of sp³-hybridized carbons (Fsp3) is 1.00. The van der Waals surface area contributed by atoms with Crippen LogP contribution in [0.4, 0.5) is 0 Å². The lowest BCUT2D eigenvalue weighted by Crippen LogP contribution is -2.68. The van der Waals surface area contributed by atoms with E-state index < -0.39 is 6.10 Å². The predicted octanol–water partition coefficient (Wildman–Crippen LogP) is 3.43. The molecular formula is C18H40NO2+. The highest BCUT2D eigenvalue weighted by molar-refractivity contribution is 4.64. The zero-order valence-corrected chi connectivity index (χ0v) is 14.4. The maximum absolute atomic E-state index is 9.67. The van der Waals surface area contributed by atoms with Gasteiger partial charge in [-0.3, -0.25) is 0 Å². The molecule has 21 heavy (non-hydrogen) atoms. The number of unbranched alkanes of at least 4 members (excludes halogenated alkanes) is 12. The van der Waals surface area contributed by atoms with Crippen molar-refractivity contribution in [1.29, 1.82) is 0 Å². The van der Waals surface area contributed by atoms with Crippen molar-refractivity contribution < 1.29 is 15.9 Å². The van der Waals surface area contributed by atoms with E-state index in [1.807, 2.05) is 0 Å². The Morgan fingerprint density at radius 1 is 0.714 bits per heavy atom. The van der Waals surface area contributed by atoms with E-state index in [0.29, 0.717) is 0 Å². The van der Waals surface area contributed by atoms with Crippen LogP contribution in [0.5, 0.6) is 0 Å². The van der Waals surface area contributed by atoms with E-state index in [9.17, 15) is 5.11 Å². The summed E-state index contributed by atoms with van der Waals surface area (Å²) in [5.41, 5.74) is 3.74. The largest absolute Gasteiger partial charge is 0.390 e. The van der Waals surface area contributed by atoms with Crippen LogP contribution in [0.25, 0.3) is 0 Å². The summed E-state index contributed by atoms with van der Waals surface area (Å²) in [7, 11) is 0. The van der Waals surface area contributed by atoms with Crippen molar-refractivity contribution in [1.82, 2.24) is 0 Å². The molecule has 0 amide bonds. The topological polar surface area (TPSA) is 68.1 Å². The van der Waals surface area contributed by atoms with Gasteiger partial charge >= 0.3 is 0 Å². The Balaban J connectivity index is 3.09. The molecule has 0 bridgehead atoms. The summed E-state index contributed by atoms with van der Waals surface area (Å²) in [6, 6.07) is -0.220. The van der Waals surface area contributed by atoms with Crippen LogP contribution in [0.3, 0.4) is 0 Å². The van der Waals surface area contributed by atoms with Crippen LogP contribution in [0.1, 0.15) is 96.8 Å². The molecule has 2 atom stereocenters. The van der Waals surface area contributed by atoms with Gasteiger partial charge in [0.25, 0.3) is 0 Å². The quantitative estimate of drug-likeness (QED) is 0.382. The minimum absolute atomic E-state index is 0.0143. The van der Waals surface area contributed by atoms with Gasteiger partial charge in [0, 0.05) is 0 Å². The fourth-order valence-corrected chi connectivity index (χ4v) is 2.73. The lowest BCUT2D eigenvalue weighted by Gasteiger charge is -2.13. The first-order chi connectivity index (χ1) is 10.2. The third-order valence-corrected chi connectivity index (χ3v) is 4.38. The van der Waals surface area contributed by atoms with Gasteiger partial charge in [0.1, 0.15) is 12.1 Å². The molecule has 5 N–H and O–H groups in total. The third kappa shape index (κ3) is 14.6. The monoisotopic (exact) mass is 302 g/mol. The zero-order chi connectivity index (χ0) is 15.8. The van der Waals surface area contributed by atoms with Gasteiger partial charge in [-0.05, 0) is 6.42 Å². The molecule has 0 aliphatic heterocycles. The Hall–Kier alpha value is -0.120. The summed E-state index contributed by atoms with van der Waals surface area (Å²) in [5, 5.41) is 18.6. The second-order valence-electron chi connectivity index (χ2n) is 6.54. The third-order valence-electron chi connectivity index (χ3n) is 4.38. The highest BCUT2D eigenvalue weighted by atomic mass is 16.3. The number of aliphatic hydroxyl groups is 2. The van der Waals surface area contributed by atoms with Crippen molar-refractivity contribution in [2.24, 2.45) is 0 Å². The molecule has 0 heterocycles. The molecule has 0 spiro atoms. The van der Waals surface area contributed by atoms with E-state index in [2.05, 4.69) is 12.7 Å². The number of aliphatic hydroxyl groups excluding tert-OH is 2. The molecular weight excluding hydrogens is 262 g/mol. The molecule has 0 unspecified atom stereocenters. The smallest absolute Gasteiger partial charge is 0.134 e. The van der Waals surface area contributed by atoms with Crippen molar-refractivity contribution in [2.45, 2.75) is 109 Å². The molecule has 0 radical (unpaired) electrons. The zero-order valence-electron chi connectivity index (χ0n) is 14.4. The van der Waals surface area contributed by atoms with Crippen molar-refractivity contribution in [3.05, 3.63) is 0 Å². The molecule has 3 nitrogen and oxygen atoms in total. The Labute approximate surface area is 132 Å². The first-order valence-corrected chi connectivity index (χ1v) is 9.34. The minimum atomic E-state index is -0.428. The SMILES string of the molecule is CCCCCCCCCCCCCCC[C@@H](O)[C@@H]([NH3+])CO. The Morgan fingerprint density at radius 3 is 1.48 bits per heavy atom. The van der Waals surface area contributed by atoms with Gasteiger partial charge in [0.05, 0.1) is 6.61 Å². The van der Waals surface area contributed by atoms with Crippen LogP contribution >= 0.6 is 0 Å². The van der Waals surface area contributed by atoms with Gasteiger partial charge in [0.2, 0.25) is 0 Å². The van der Waals surface area contributed by atoms with Crippen molar-refractivity contribution in [3.63, 3.8) is 0 Å².